The fourth-order valence-electron chi connectivity index (χ4n) is 12.6. The van der Waals surface area contributed by atoms with Crippen molar-refractivity contribution >= 4 is 69.0 Å². The lowest BCUT2D eigenvalue weighted by Gasteiger charge is -2.36. The van der Waals surface area contributed by atoms with Gasteiger partial charge in [0.25, 0.3) is 0 Å². The van der Waals surface area contributed by atoms with Gasteiger partial charge in [-0.05, 0) is 30.6 Å². The van der Waals surface area contributed by atoms with Crippen LogP contribution < -0.4 is 0 Å². The molecule has 0 bridgehead atoms. The average Bonchev–Trinajstić information content (AvgIpc) is 3.84. The first kappa shape index (κ1) is 73.0. The van der Waals surface area contributed by atoms with Crippen LogP contribution in [-0.4, -0.2) is 197 Å². The lowest BCUT2D eigenvalue weighted by atomic mass is 9.90. The Labute approximate surface area is 460 Å². The van der Waals surface area contributed by atoms with Crippen molar-refractivity contribution in [3.63, 3.8) is 0 Å². The SMILES string of the molecule is CCCC1CC(CC[Si](CCC[Si](OC)(OC)OC)(CCC[Si](OC)(OC)OC)CCC[Si](OC)(OC)OC)CC1CC[Si](CCC[Si](OC)(OC)OC)(CCC[Si](OC)(OC)OC)CCC[Si](OC)(OC)OC. The van der Waals surface area contributed by atoms with Crippen LogP contribution in [0.5, 0.6) is 0 Å². The summed E-state index contributed by atoms with van der Waals surface area (Å²) in [7, 11) is 10.2. The molecule has 3 unspecified atom stereocenters. The zero-order valence-electron chi connectivity index (χ0n) is 50.5. The molecule has 0 radical (unpaired) electrons. The van der Waals surface area contributed by atoms with Crippen molar-refractivity contribution in [3.8, 4) is 0 Å². The normalized spacial score (nSPS) is 17.8. The van der Waals surface area contributed by atoms with E-state index in [4.69, 9.17) is 79.7 Å². The summed E-state index contributed by atoms with van der Waals surface area (Å²) in [4.78, 5) is 0. The molecule has 1 fully saturated rings. The van der Waals surface area contributed by atoms with Crippen LogP contribution in [0.1, 0.15) is 84.0 Å². The van der Waals surface area contributed by atoms with Gasteiger partial charge in [0, 0.05) is 164 Å². The highest BCUT2D eigenvalue weighted by Gasteiger charge is 2.47. The number of hydrogen-bond acceptors (Lipinski definition) is 18. The largest absolute Gasteiger partial charge is 0.500 e. The van der Waals surface area contributed by atoms with Crippen molar-refractivity contribution in [1.29, 1.82) is 0 Å². The molecule has 1 aliphatic rings. The Balaban J connectivity index is 3.80. The highest BCUT2D eigenvalue weighted by atomic mass is 28.4. The van der Waals surface area contributed by atoms with Gasteiger partial charge < -0.3 is 79.7 Å². The zero-order valence-corrected chi connectivity index (χ0v) is 58.5. The van der Waals surface area contributed by atoms with E-state index in [0.717, 1.165) is 111 Å². The predicted octanol–water partition coefficient (Wildman–Crippen LogP) is 10.7. The predicted molar refractivity (Wildman–Crippen MR) is 311 cm³/mol. The van der Waals surface area contributed by atoms with Gasteiger partial charge in [0.15, 0.2) is 0 Å². The first-order valence-electron chi connectivity index (χ1n) is 27.4. The average molecular weight is 1200 g/mol. The van der Waals surface area contributed by atoms with Crippen molar-refractivity contribution < 1.29 is 79.7 Å². The van der Waals surface area contributed by atoms with Crippen LogP contribution in [0.2, 0.25) is 84.6 Å². The second kappa shape index (κ2) is 37.9. The Bertz CT molecular complexity index is 1220. The maximum absolute atomic E-state index is 5.97. The van der Waals surface area contributed by atoms with E-state index < -0.39 is 69.0 Å². The fraction of sp³-hybridized carbons (Fsp3) is 1.00. The van der Waals surface area contributed by atoms with Crippen molar-refractivity contribution in [2.24, 2.45) is 17.8 Å². The van der Waals surface area contributed by atoms with Gasteiger partial charge in [-0.1, -0.05) is 119 Å². The van der Waals surface area contributed by atoms with Crippen LogP contribution in [0.25, 0.3) is 0 Å². The van der Waals surface area contributed by atoms with Crippen LogP contribution in [0, 0.1) is 17.8 Å². The summed E-state index contributed by atoms with van der Waals surface area (Å²) in [5.74, 6) is 2.06. The summed E-state index contributed by atoms with van der Waals surface area (Å²) < 4.78 is 107. The van der Waals surface area contributed by atoms with E-state index in [1.165, 1.54) is 50.6 Å². The van der Waals surface area contributed by atoms with Gasteiger partial charge in [0.2, 0.25) is 0 Å². The Morgan fingerprint density at radius 3 is 0.622 bits per heavy atom. The fourth-order valence-corrected chi connectivity index (χ4v) is 35.6. The summed E-state index contributed by atoms with van der Waals surface area (Å²) in [5.41, 5.74) is 0. The molecule has 444 valence electrons. The Morgan fingerprint density at radius 2 is 0.432 bits per heavy atom. The standard InChI is InChI=1S/C48H112O18Si8/c1-20-27-47-44-46(28-42-67(30-21-36-69(49-2,50-3)51-4,31-22-37-70(52-5,53-6)54-7)32-23-38-71(55-8,56-9)57-10)45-48(47)29-43-68(33-24-39-72(58-11,59-12)60-13,34-25-40-73(61-14,62-15)63-16)35-26-41-74(64-17,65-18)66-19/h46-48H,20-45H2,1-19H3. The van der Waals surface area contributed by atoms with Crippen molar-refractivity contribution in [2.75, 3.05) is 128 Å². The molecule has 0 aromatic rings. The van der Waals surface area contributed by atoms with E-state index in [-0.39, 0.29) is 0 Å². The molecule has 18 nitrogen and oxygen atoms in total. The molecule has 0 heterocycles. The number of hydrogen-bond donors (Lipinski definition) is 0. The lowest BCUT2D eigenvalue weighted by Crippen LogP contribution is -2.45. The van der Waals surface area contributed by atoms with E-state index in [1.807, 2.05) is 0 Å². The molecule has 0 aliphatic heterocycles. The van der Waals surface area contributed by atoms with Gasteiger partial charge in [-0.25, -0.2) is 0 Å². The second-order valence-corrected chi connectivity index (χ2v) is 49.2. The van der Waals surface area contributed by atoms with E-state index in [0.29, 0.717) is 17.8 Å². The minimum atomic E-state index is -2.78. The molecule has 0 saturated heterocycles. The molecular formula is C48H112O18Si8. The molecule has 74 heavy (non-hydrogen) atoms. The molecule has 1 saturated carbocycles. The minimum absolute atomic E-state index is 0.672. The van der Waals surface area contributed by atoms with Crippen LogP contribution in [0.15, 0.2) is 0 Å². The van der Waals surface area contributed by atoms with Gasteiger partial charge in [-0.15, -0.1) is 0 Å². The number of rotatable bonds is 50. The Morgan fingerprint density at radius 1 is 0.243 bits per heavy atom. The summed E-state index contributed by atoms with van der Waals surface area (Å²) in [6.45, 7) is 2.37. The zero-order chi connectivity index (χ0) is 55.8. The summed E-state index contributed by atoms with van der Waals surface area (Å²) >= 11 is 0. The molecule has 1 rings (SSSR count). The molecule has 1 aliphatic carbocycles. The highest BCUT2D eigenvalue weighted by molar-refractivity contribution is 6.81. The second-order valence-electron chi connectivity index (χ2n) is 20.6. The van der Waals surface area contributed by atoms with Crippen LogP contribution in [0.4, 0.5) is 0 Å². The Kier molecular flexibility index (Phi) is 37.4. The topological polar surface area (TPSA) is 166 Å². The third kappa shape index (κ3) is 22.4. The maximum Gasteiger partial charge on any atom is 0.500 e. The molecular weight excluding hydrogens is 1090 g/mol. The maximum atomic E-state index is 5.97. The monoisotopic (exact) mass is 1200 g/mol. The third-order valence-electron chi connectivity index (χ3n) is 17.5. The quantitative estimate of drug-likeness (QED) is 0.0527. The lowest BCUT2D eigenvalue weighted by molar-refractivity contribution is 0.122. The van der Waals surface area contributed by atoms with E-state index in [1.54, 1.807) is 128 Å². The van der Waals surface area contributed by atoms with Gasteiger partial charge >= 0.3 is 52.8 Å². The van der Waals surface area contributed by atoms with E-state index >= 15 is 0 Å². The molecule has 0 spiro atoms. The van der Waals surface area contributed by atoms with Crippen LogP contribution in [-0.2, 0) is 79.7 Å². The molecule has 0 N–H and O–H groups in total. The van der Waals surface area contributed by atoms with Gasteiger partial charge in [0.05, 0.1) is 16.1 Å². The summed E-state index contributed by atoms with van der Waals surface area (Å²) in [6, 6.07) is 14.1. The first-order chi connectivity index (χ1) is 35.4. The smallest absolute Gasteiger partial charge is 0.377 e. The molecule has 3 atom stereocenters. The first-order valence-corrected chi connectivity index (χ1v) is 44.6. The third-order valence-corrected chi connectivity index (χ3v) is 45.6. The van der Waals surface area contributed by atoms with Gasteiger partial charge in [0.1, 0.15) is 0 Å². The highest BCUT2D eigenvalue weighted by Crippen LogP contribution is 2.48. The van der Waals surface area contributed by atoms with Gasteiger partial charge in [-0.3, -0.25) is 0 Å². The Hall–Kier alpha value is 1.02. The minimum Gasteiger partial charge on any atom is -0.377 e. The van der Waals surface area contributed by atoms with E-state index in [2.05, 4.69) is 6.92 Å². The molecule has 26 heteroatoms. The van der Waals surface area contributed by atoms with Crippen LogP contribution in [0.3, 0.4) is 0 Å². The van der Waals surface area contributed by atoms with Crippen molar-refractivity contribution in [1.82, 2.24) is 0 Å². The molecule has 0 amide bonds. The summed E-state index contributed by atoms with van der Waals surface area (Å²) in [6.07, 6.45) is 13.5. The molecule has 0 aromatic carbocycles. The summed E-state index contributed by atoms with van der Waals surface area (Å²) in [5, 5.41) is 0. The van der Waals surface area contributed by atoms with Crippen LogP contribution >= 0.6 is 0 Å². The van der Waals surface area contributed by atoms with Gasteiger partial charge in [-0.2, -0.15) is 0 Å². The van der Waals surface area contributed by atoms with Crippen molar-refractivity contribution in [2.45, 2.75) is 169 Å². The van der Waals surface area contributed by atoms with E-state index in [9.17, 15) is 0 Å². The molecule has 0 aromatic heterocycles. The van der Waals surface area contributed by atoms with Crippen molar-refractivity contribution in [3.05, 3.63) is 0 Å².